The molecule has 7 rings (SSSR count). The van der Waals surface area contributed by atoms with Crippen LogP contribution in [0.3, 0.4) is 0 Å². The summed E-state index contributed by atoms with van der Waals surface area (Å²) in [5.74, 6) is 0.880. The number of aromatic nitrogens is 4. The van der Waals surface area contributed by atoms with E-state index in [-0.39, 0.29) is 11.8 Å². The molecule has 2 aromatic heterocycles. The fourth-order valence-electron chi connectivity index (χ4n) is 5.93. The van der Waals surface area contributed by atoms with E-state index < -0.39 is 24.0 Å². The molecule has 6 aromatic rings. The predicted octanol–water partition coefficient (Wildman–Crippen LogP) is 6.45. The third-order valence-electron chi connectivity index (χ3n) is 8.07. The summed E-state index contributed by atoms with van der Waals surface area (Å²) in [5, 5.41) is -0.00653. The van der Waals surface area contributed by atoms with Crippen molar-refractivity contribution < 1.29 is 18.9 Å². The number of ether oxygens (including phenoxy) is 4. The van der Waals surface area contributed by atoms with Gasteiger partial charge in [-0.25, -0.2) is 15.0 Å². The van der Waals surface area contributed by atoms with E-state index in [1.54, 1.807) is 6.33 Å². The quantitative estimate of drug-likeness (QED) is 0.143. The lowest BCUT2D eigenvalue weighted by Gasteiger charge is -2.37. The number of rotatable bonds is 9. The van der Waals surface area contributed by atoms with Gasteiger partial charge in [0, 0.05) is 18.6 Å². The van der Waals surface area contributed by atoms with Gasteiger partial charge in [0.15, 0.2) is 11.5 Å². The molecule has 0 saturated carbocycles. The summed E-state index contributed by atoms with van der Waals surface area (Å²) in [6.45, 7) is 0.164. The number of hydrogen-bond acceptors (Lipinski definition) is 9. The van der Waals surface area contributed by atoms with E-state index in [9.17, 15) is 0 Å². The first kappa shape index (κ1) is 29.5. The van der Waals surface area contributed by atoms with Crippen molar-refractivity contribution in [3.05, 3.63) is 151 Å². The standard InChI is InChI=1S/C36H31N5O4S/c37-33-32-34(39-23-38-33)41(24-40-32)31-21-29(45-35(46)43-28-19-11-4-12-20-28)30(44-31)22-42-36(25-13-5-1-6-14-25,26-15-7-2-8-16-26)27-17-9-3-10-18-27/h1-20,23-24,29-31H,21-22H2,(H2,37,38,39)/t29?,30-,31-/m1/s1. The number of imidazole rings is 1. The van der Waals surface area contributed by atoms with E-state index in [2.05, 4.69) is 51.4 Å². The van der Waals surface area contributed by atoms with Gasteiger partial charge in [0.25, 0.3) is 0 Å². The zero-order chi connectivity index (χ0) is 31.3. The van der Waals surface area contributed by atoms with Crippen LogP contribution in [0.25, 0.3) is 11.2 Å². The van der Waals surface area contributed by atoms with Crippen LogP contribution in [-0.4, -0.2) is 43.6 Å². The molecule has 46 heavy (non-hydrogen) atoms. The maximum atomic E-state index is 7.11. The van der Waals surface area contributed by atoms with Gasteiger partial charge < -0.3 is 24.7 Å². The van der Waals surface area contributed by atoms with Gasteiger partial charge in [-0.05, 0) is 28.8 Å². The highest BCUT2D eigenvalue weighted by Crippen LogP contribution is 2.42. The van der Waals surface area contributed by atoms with Crippen molar-refractivity contribution in [3.8, 4) is 5.75 Å². The van der Waals surface area contributed by atoms with Crippen LogP contribution in [0.2, 0.25) is 0 Å². The third kappa shape index (κ3) is 5.81. The lowest BCUT2D eigenvalue weighted by molar-refractivity contribution is -0.0925. The van der Waals surface area contributed by atoms with Crippen LogP contribution in [0.15, 0.2) is 134 Å². The summed E-state index contributed by atoms with van der Waals surface area (Å²) in [6.07, 6.45) is 1.94. The van der Waals surface area contributed by atoms with Crippen LogP contribution in [0.1, 0.15) is 29.3 Å². The van der Waals surface area contributed by atoms with Crippen LogP contribution in [-0.2, 0) is 19.8 Å². The molecule has 1 saturated heterocycles. The van der Waals surface area contributed by atoms with Crippen molar-refractivity contribution in [2.75, 3.05) is 12.3 Å². The predicted molar refractivity (Wildman–Crippen MR) is 178 cm³/mol. The van der Waals surface area contributed by atoms with E-state index >= 15 is 0 Å². The van der Waals surface area contributed by atoms with E-state index in [1.165, 1.54) is 6.33 Å². The lowest BCUT2D eigenvalue weighted by Crippen LogP contribution is -2.39. The highest BCUT2D eigenvalue weighted by atomic mass is 32.1. The monoisotopic (exact) mass is 629 g/mol. The molecule has 3 heterocycles. The first-order valence-corrected chi connectivity index (χ1v) is 15.3. The molecule has 9 nitrogen and oxygen atoms in total. The largest absolute Gasteiger partial charge is 0.450 e. The minimum Gasteiger partial charge on any atom is -0.450 e. The first-order chi connectivity index (χ1) is 22.6. The topological polar surface area (TPSA) is 107 Å². The number of benzene rings is 4. The Morgan fingerprint density at radius 1 is 0.804 bits per heavy atom. The second-order valence-corrected chi connectivity index (χ2v) is 11.2. The average Bonchev–Trinajstić information content (AvgIpc) is 3.72. The Morgan fingerprint density at radius 3 is 1.96 bits per heavy atom. The van der Waals surface area contributed by atoms with Gasteiger partial charge >= 0.3 is 5.24 Å². The highest BCUT2D eigenvalue weighted by Gasteiger charge is 2.44. The molecule has 4 aromatic carbocycles. The number of nitrogens with two attached hydrogens (primary N) is 1. The molecular formula is C36H31N5O4S. The fraction of sp³-hybridized carbons (Fsp3) is 0.167. The molecule has 0 spiro atoms. The summed E-state index contributed by atoms with van der Waals surface area (Å²) < 4.78 is 27.8. The van der Waals surface area contributed by atoms with Crippen molar-refractivity contribution >= 4 is 34.4 Å². The summed E-state index contributed by atoms with van der Waals surface area (Å²) >= 11 is 5.55. The molecule has 0 aliphatic carbocycles. The van der Waals surface area contributed by atoms with Crippen molar-refractivity contribution in [2.24, 2.45) is 0 Å². The SMILES string of the molecule is Nc1ncnc2c1ncn2[C@H]1CC(OC(=S)Oc2ccccc2)[C@@H](COC(c2ccccc2)(c2ccccc2)c2ccccc2)O1. The molecule has 10 heteroatoms. The maximum absolute atomic E-state index is 7.11. The highest BCUT2D eigenvalue weighted by molar-refractivity contribution is 7.79. The Morgan fingerprint density at radius 2 is 1.37 bits per heavy atom. The van der Waals surface area contributed by atoms with Gasteiger partial charge in [0.05, 0.1) is 12.9 Å². The minimum absolute atomic E-state index is 0.00653. The van der Waals surface area contributed by atoms with Crippen molar-refractivity contribution in [1.82, 2.24) is 19.5 Å². The lowest BCUT2D eigenvalue weighted by atomic mass is 9.80. The zero-order valence-corrected chi connectivity index (χ0v) is 25.6. The van der Waals surface area contributed by atoms with Crippen molar-refractivity contribution in [3.63, 3.8) is 0 Å². The molecule has 1 aliphatic heterocycles. The number of nitrogens with zero attached hydrogens (tertiary/aromatic N) is 4. The molecule has 1 aliphatic rings. The van der Waals surface area contributed by atoms with Crippen LogP contribution >= 0.6 is 12.2 Å². The first-order valence-electron chi connectivity index (χ1n) is 14.9. The number of fused-ring (bicyclic) bond motifs is 1. The van der Waals surface area contributed by atoms with Crippen LogP contribution < -0.4 is 10.5 Å². The van der Waals surface area contributed by atoms with Crippen molar-refractivity contribution in [2.45, 2.75) is 30.5 Å². The molecule has 230 valence electrons. The summed E-state index contributed by atoms with van der Waals surface area (Å²) in [6, 6.07) is 39.9. The molecule has 0 radical (unpaired) electrons. The smallest absolute Gasteiger partial charge is 0.358 e. The van der Waals surface area contributed by atoms with Gasteiger partial charge in [-0.3, -0.25) is 4.57 Å². The maximum Gasteiger partial charge on any atom is 0.358 e. The molecule has 2 N–H and O–H groups in total. The van der Waals surface area contributed by atoms with Gasteiger partial charge in [-0.1, -0.05) is 109 Å². The molecule has 0 amide bonds. The normalized spacial score (nSPS) is 18.0. The second kappa shape index (κ2) is 13.1. The fourth-order valence-corrected chi connectivity index (χ4v) is 6.15. The number of hydrogen-bond donors (Lipinski definition) is 1. The van der Waals surface area contributed by atoms with E-state index in [0.717, 1.165) is 16.7 Å². The molecule has 1 fully saturated rings. The number of nitrogen functional groups attached to an aromatic ring is 1. The van der Waals surface area contributed by atoms with Gasteiger partial charge in [-0.15, -0.1) is 0 Å². The minimum atomic E-state index is -0.944. The Kier molecular flexibility index (Phi) is 8.39. The average molecular weight is 630 g/mol. The summed E-state index contributed by atoms with van der Waals surface area (Å²) in [4.78, 5) is 12.9. The van der Waals surface area contributed by atoms with Crippen LogP contribution in [0, 0.1) is 0 Å². The number of thiocarbonyl (C=S) groups is 1. The number of para-hydroxylation sites is 1. The molecular weight excluding hydrogens is 598 g/mol. The van der Waals surface area contributed by atoms with Gasteiger partial charge in [0.2, 0.25) is 0 Å². The Labute approximate surface area is 271 Å². The van der Waals surface area contributed by atoms with Crippen molar-refractivity contribution in [1.29, 1.82) is 0 Å². The Balaban J connectivity index is 1.24. The second-order valence-electron chi connectivity index (χ2n) is 10.9. The van der Waals surface area contributed by atoms with E-state index in [0.29, 0.717) is 29.2 Å². The van der Waals surface area contributed by atoms with Crippen LogP contribution in [0.4, 0.5) is 5.82 Å². The summed E-state index contributed by atoms with van der Waals surface area (Å²) in [7, 11) is 0. The van der Waals surface area contributed by atoms with E-state index in [1.807, 2.05) is 89.5 Å². The molecule has 0 bridgehead atoms. The van der Waals surface area contributed by atoms with Gasteiger partial charge in [0.1, 0.15) is 41.6 Å². The molecule has 1 unspecified atom stereocenters. The Bertz CT molecular complexity index is 1810. The molecule has 3 atom stereocenters. The third-order valence-corrected chi connectivity index (χ3v) is 8.25. The summed E-state index contributed by atoms with van der Waals surface area (Å²) in [5.41, 5.74) is 9.14. The number of anilines is 1. The van der Waals surface area contributed by atoms with E-state index in [4.69, 9.17) is 36.9 Å². The van der Waals surface area contributed by atoms with Gasteiger partial charge in [-0.2, -0.15) is 0 Å². The van der Waals surface area contributed by atoms with Crippen LogP contribution in [0.5, 0.6) is 5.75 Å². The Hall–Kier alpha value is -5.16. The zero-order valence-electron chi connectivity index (χ0n) is 24.8.